The van der Waals surface area contributed by atoms with Gasteiger partial charge >= 0.3 is 7.60 Å². The molecular formula is C10H21Cl2O4P. The van der Waals surface area contributed by atoms with Crippen LogP contribution in [0.4, 0.5) is 0 Å². The van der Waals surface area contributed by atoms with Gasteiger partial charge in [-0.3, -0.25) is 4.57 Å². The van der Waals surface area contributed by atoms with E-state index in [1.165, 1.54) is 0 Å². The molecule has 0 rings (SSSR count). The fraction of sp³-hybridized carbons (Fsp3) is 1.00. The Morgan fingerprint density at radius 3 is 2.53 bits per heavy atom. The maximum Gasteiger partial charge on any atom is 0.356 e. The third kappa shape index (κ3) is 9.29. The van der Waals surface area contributed by atoms with Gasteiger partial charge in [-0.2, -0.15) is 0 Å². The highest BCUT2D eigenvalue weighted by atomic mass is 35.5. The molecule has 0 amide bonds. The predicted molar refractivity (Wildman–Crippen MR) is 71.3 cm³/mol. The van der Waals surface area contributed by atoms with Gasteiger partial charge in [0.15, 0.2) is 0 Å². The topological polar surface area (TPSA) is 44.8 Å². The molecule has 0 saturated carbocycles. The molecule has 0 heterocycles. The molecule has 0 aliphatic heterocycles. The molecule has 0 bridgehead atoms. The van der Waals surface area contributed by atoms with E-state index < -0.39 is 7.60 Å². The smallest absolute Gasteiger partial charge is 0.356 e. The van der Waals surface area contributed by atoms with Crippen LogP contribution in [-0.4, -0.2) is 37.4 Å². The second-order valence-corrected chi connectivity index (χ2v) is 6.23. The molecule has 0 aliphatic rings. The van der Waals surface area contributed by atoms with Crippen LogP contribution >= 0.6 is 30.8 Å². The monoisotopic (exact) mass is 306 g/mol. The van der Waals surface area contributed by atoms with E-state index in [0.717, 1.165) is 6.42 Å². The molecular weight excluding hydrogens is 286 g/mol. The minimum Gasteiger partial charge on any atom is -0.369 e. The second kappa shape index (κ2) is 10.6. The summed E-state index contributed by atoms with van der Waals surface area (Å²) in [7, 11) is -3.22. The fourth-order valence-electron chi connectivity index (χ4n) is 0.979. The van der Waals surface area contributed by atoms with Crippen molar-refractivity contribution in [2.24, 2.45) is 0 Å². The van der Waals surface area contributed by atoms with Crippen LogP contribution < -0.4 is 0 Å². The van der Waals surface area contributed by atoms with Crippen molar-refractivity contribution in [2.75, 3.05) is 31.3 Å². The van der Waals surface area contributed by atoms with Crippen molar-refractivity contribution in [3.05, 3.63) is 0 Å². The molecule has 0 fully saturated rings. The van der Waals surface area contributed by atoms with Gasteiger partial charge in [0.1, 0.15) is 6.35 Å². The number of ether oxygens (including phenoxy) is 1. The van der Waals surface area contributed by atoms with Crippen LogP contribution in [0.15, 0.2) is 0 Å². The molecule has 7 heteroatoms. The summed E-state index contributed by atoms with van der Waals surface area (Å²) in [5.74, 6) is 0.720. The van der Waals surface area contributed by atoms with Crippen molar-refractivity contribution in [3.63, 3.8) is 0 Å². The second-order valence-electron chi connectivity index (χ2n) is 3.59. The summed E-state index contributed by atoms with van der Waals surface area (Å²) >= 11 is 11.1. The zero-order chi connectivity index (χ0) is 13.1. The third-order valence-electron chi connectivity index (χ3n) is 1.72. The molecule has 0 radical (unpaired) electrons. The number of hydrogen-bond donors (Lipinski definition) is 0. The minimum absolute atomic E-state index is 0.0373. The lowest BCUT2D eigenvalue weighted by atomic mass is 10.5. The highest BCUT2D eigenvalue weighted by Crippen LogP contribution is 2.49. The summed E-state index contributed by atoms with van der Waals surface area (Å²) in [6.07, 6.45) is 1.11. The van der Waals surface area contributed by atoms with Crippen LogP contribution in [0, 0.1) is 0 Å². The molecule has 0 aliphatic carbocycles. The largest absolute Gasteiger partial charge is 0.369 e. The Labute approximate surface area is 113 Å². The van der Waals surface area contributed by atoms with Crippen molar-refractivity contribution >= 4 is 30.8 Å². The molecule has 0 N–H and O–H groups in total. The first kappa shape index (κ1) is 17.7. The van der Waals surface area contributed by atoms with Gasteiger partial charge in [0.05, 0.1) is 12.7 Å². The van der Waals surface area contributed by atoms with Crippen LogP contribution in [0.1, 0.15) is 26.7 Å². The third-order valence-corrected chi connectivity index (χ3v) is 4.18. The van der Waals surface area contributed by atoms with E-state index in [-0.39, 0.29) is 18.3 Å². The molecule has 0 saturated heterocycles. The van der Waals surface area contributed by atoms with Gasteiger partial charge in [-0.25, -0.2) is 0 Å². The van der Waals surface area contributed by atoms with Crippen molar-refractivity contribution in [1.29, 1.82) is 0 Å². The average Bonchev–Trinajstić information content (AvgIpc) is 2.29. The van der Waals surface area contributed by atoms with Crippen molar-refractivity contribution < 1.29 is 18.3 Å². The fourth-order valence-corrected chi connectivity index (χ4v) is 2.82. The Kier molecular flexibility index (Phi) is 11.0. The first-order valence-electron chi connectivity index (χ1n) is 5.69. The lowest BCUT2D eigenvalue weighted by Gasteiger charge is -2.21. The normalized spacial score (nSPS) is 16.7. The molecule has 0 aromatic rings. The van der Waals surface area contributed by atoms with E-state index in [9.17, 15) is 4.57 Å². The van der Waals surface area contributed by atoms with Crippen LogP contribution in [0.25, 0.3) is 0 Å². The van der Waals surface area contributed by atoms with Crippen LogP contribution in [0.3, 0.4) is 0 Å². The average molecular weight is 307 g/mol. The maximum atomic E-state index is 12.3. The number of rotatable bonds is 11. The van der Waals surface area contributed by atoms with Gasteiger partial charge < -0.3 is 13.8 Å². The number of halogens is 2. The Bertz CT molecular complexity index is 214. The van der Waals surface area contributed by atoms with Gasteiger partial charge in [-0.15, -0.1) is 23.2 Å². The van der Waals surface area contributed by atoms with E-state index in [1.807, 2.05) is 6.92 Å². The summed E-state index contributed by atoms with van der Waals surface area (Å²) in [4.78, 5) is 0. The molecule has 2 atom stereocenters. The maximum absolute atomic E-state index is 12.3. The highest BCUT2D eigenvalue weighted by Gasteiger charge is 2.27. The Morgan fingerprint density at radius 2 is 2.00 bits per heavy atom. The first-order valence-corrected chi connectivity index (χ1v) is 8.49. The standard InChI is InChI=1S/C10H21Cl2O4P/c1-3-6-14-9-17(13,15-7-4-5-11)16-10(2)8-12/h10H,3-9H2,1-2H3. The molecule has 104 valence electrons. The van der Waals surface area contributed by atoms with Crippen molar-refractivity contribution in [3.8, 4) is 0 Å². The molecule has 17 heavy (non-hydrogen) atoms. The SMILES string of the molecule is CCCOCP(=O)(OCCCCl)OC(C)CCl. The van der Waals surface area contributed by atoms with Gasteiger partial charge in [-0.1, -0.05) is 6.92 Å². The molecule has 0 aromatic heterocycles. The van der Waals surface area contributed by atoms with E-state index in [4.69, 9.17) is 37.0 Å². The molecule has 4 nitrogen and oxygen atoms in total. The summed E-state index contributed by atoms with van der Waals surface area (Å²) in [5.41, 5.74) is 0. The lowest BCUT2D eigenvalue weighted by molar-refractivity contribution is 0.114. The van der Waals surface area contributed by atoms with E-state index in [2.05, 4.69) is 0 Å². The summed E-state index contributed by atoms with van der Waals surface area (Å²) in [6.45, 7) is 4.54. The summed E-state index contributed by atoms with van der Waals surface area (Å²) < 4.78 is 28.1. The van der Waals surface area contributed by atoms with Gasteiger partial charge in [0, 0.05) is 18.4 Å². The van der Waals surface area contributed by atoms with Crippen LogP contribution in [0.5, 0.6) is 0 Å². The van der Waals surface area contributed by atoms with Crippen molar-refractivity contribution in [2.45, 2.75) is 32.8 Å². The lowest BCUT2D eigenvalue weighted by Crippen LogP contribution is -2.13. The Morgan fingerprint density at radius 1 is 1.29 bits per heavy atom. The van der Waals surface area contributed by atoms with E-state index in [0.29, 0.717) is 25.5 Å². The Hall–Kier alpha value is 0.690. The zero-order valence-corrected chi connectivity index (χ0v) is 12.8. The molecule has 0 aromatic carbocycles. The van der Waals surface area contributed by atoms with Crippen LogP contribution in [-0.2, 0) is 18.3 Å². The zero-order valence-electron chi connectivity index (χ0n) is 10.4. The first-order chi connectivity index (χ1) is 8.08. The summed E-state index contributed by atoms with van der Waals surface area (Å²) in [6, 6.07) is 0. The Balaban J connectivity index is 4.19. The number of alkyl halides is 2. The molecule has 2 unspecified atom stereocenters. The van der Waals surface area contributed by atoms with Crippen LogP contribution in [0.2, 0.25) is 0 Å². The van der Waals surface area contributed by atoms with Gasteiger partial charge in [0.25, 0.3) is 0 Å². The predicted octanol–water partition coefficient (Wildman–Crippen LogP) is 3.85. The summed E-state index contributed by atoms with van der Waals surface area (Å²) in [5, 5.41) is 0. The van der Waals surface area contributed by atoms with Crippen molar-refractivity contribution in [1.82, 2.24) is 0 Å². The van der Waals surface area contributed by atoms with Gasteiger partial charge in [0.2, 0.25) is 0 Å². The number of hydrogen-bond acceptors (Lipinski definition) is 4. The van der Waals surface area contributed by atoms with Gasteiger partial charge in [-0.05, 0) is 19.8 Å². The quantitative estimate of drug-likeness (QED) is 0.330. The van der Waals surface area contributed by atoms with E-state index >= 15 is 0 Å². The molecule has 0 spiro atoms. The highest BCUT2D eigenvalue weighted by molar-refractivity contribution is 7.53. The van der Waals surface area contributed by atoms with E-state index in [1.54, 1.807) is 6.92 Å². The minimum atomic E-state index is -3.22.